The number of benzene rings is 1. The summed E-state index contributed by atoms with van der Waals surface area (Å²) >= 11 is 11.0. The fourth-order valence-corrected chi connectivity index (χ4v) is 1.70. The van der Waals surface area contributed by atoms with Gasteiger partial charge in [-0.2, -0.15) is 0 Å². The molecule has 0 unspecified atom stereocenters. The third kappa shape index (κ3) is 3.83. The lowest BCUT2D eigenvalue weighted by atomic mass is 10.0. The van der Waals surface area contributed by atoms with E-state index in [9.17, 15) is 0 Å². The number of rotatable bonds is 5. The van der Waals surface area contributed by atoms with Crippen LogP contribution in [0.5, 0.6) is 0 Å². The first-order chi connectivity index (χ1) is 8.24. The number of hydrogen-bond acceptors (Lipinski definition) is 3. The normalized spacial score (nSPS) is 11.7. The van der Waals surface area contributed by atoms with E-state index in [1.54, 1.807) is 6.07 Å². The molecule has 1 rings (SSSR count). The Morgan fingerprint density at radius 1 is 1.44 bits per heavy atom. The highest BCUT2D eigenvalue weighted by molar-refractivity contribution is 7.80. The number of likely N-dealkylation sites (N-methyl/N-ethyl adjacent to an activating group) is 1. The predicted octanol–water partition coefficient (Wildman–Crippen LogP) is 2.73. The van der Waals surface area contributed by atoms with Crippen LogP contribution in [0.4, 0.5) is 5.69 Å². The van der Waals surface area contributed by atoms with Crippen molar-refractivity contribution in [3.05, 3.63) is 28.8 Å². The van der Waals surface area contributed by atoms with Gasteiger partial charge in [0.15, 0.2) is 0 Å². The predicted molar refractivity (Wildman–Crippen MR) is 83.6 cm³/mol. The minimum Gasteiger partial charge on any atom is -0.389 e. The molecule has 0 heterocycles. The van der Waals surface area contributed by atoms with Crippen molar-refractivity contribution in [1.82, 2.24) is 4.90 Å². The summed E-state index contributed by atoms with van der Waals surface area (Å²) in [4.78, 5) is 2.53. The van der Waals surface area contributed by atoms with Crippen LogP contribution in [0.2, 0.25) is 5.02 Å². The minimum atomic E-state index is 0.0236. The van der Waals surface area contributed by atoms with E-state index in [4.69, 9.17) is 29.6 Å². The number of anilines is 1. The highest BCUT2D eigenvalue weighted by Gasteiger charge is 2.20. The molecule has 0 atom stereocenters. The number of thiocarbonyl (C=S) groups is 1. The SMILES string of the molecule is CN(C)C(C)(C)CNc1cc(Cl)ccc1C(N)=S. The summed E-state index contributed by atoms with van der Waals surface area (Å²) in [5, 5.41) is 4.03. The lowest BCUT2D eigenvalue weighted by Gasteiger charge is -2.33. The molecule has 3 nitrogen and oxygen atoms in total. The van der Waals surface area contributed by atoms with Crippen LogP contribution in [-0.4, -0.2) is 36.1 Å². The topological polar surface area (TPSA) is 41.3 Å². The summed E-state index contributed by atoms with van der Waals surface area (Å²) in [6, 6.07) is 5.48. The zero-order chi connectivity index (χ0) is 13.9. The Kier molecular flexibility index (Phi) is 4.96. The molecule has 0 amide bonds. The summed E-state index contributed by atoms with van der Waals surface area (Å²) in [5.41, 5.74) is 7.43. The molecule has 1 aromatic rings. The van der Waals surface area contributed by atoms with E-state index in [0.717, 1.165) is 17.8 Å². The van der Waals surface area contributed by atoms with Gasteiger partial charge >= 0.3 is 0 Å². The number of nitrogens with one attached hydrogen (secondary N) is 1. The first-order valence-electron chi connectivity index (χ1n) is 5.74. The van der Waals surface area contributed by atoms with Gasteiger partial charge in [-0.05, 0) is 46.1 Å². The van der Waals surface area contributed by atoms with Gasteiger partial charge < -0.3 is 16.0 Å². The average Bonchev–Trinajstić information content (AvgIpc) is 2.26. The summed E-state index contributed by atoms with van der Waals surface area (Å²) in [7, 11) is 4.10. The number of nitrogens with zero attached hydrogens (tertiary/aromatic N) is 1. The summed E-state index contributed by atoms with van der Waals surface area (Å²) in [6.07, 6.45) is 0. The molecule has 1 aromatic carbocycles. The fraction of sp³-hybridized carbons (Fsp3) is 0.462. The maximum absolute atomic E-state index is 6.00. The lowest BCUT2D eigenvalue weighted by molar-refractivity contribution is 0.210. The van der Waals surface area contributed by atoms with Gasteiger partial charge in [0.1, 0.15) is 4.99 Å². The Hall–Kier alpha value is -0.840. The van der Waals surface area contributed by atoms with Crippen molar-refractivity contribution in [2.45, 2.75) is 19.4 Å². The van der Waals surface area contributed by atoms with Gasteiger partial charge in [0, 0.05) is 28.4 Å². The lowest BCUT2D eigenvalue weighted by Crippen LogP contribution is -2.44. The average molecular weight is 286 g/mol. The van der Waals surface area contributed by atoms with Crippen LogP contribution >= 0.6 is 23.8 Å². The molecule has 0 bridgehead atoms. The summed E-state index contributed by atoms with van der Waals surface area (Å²) in [5.74, 6) is 0. The van der Waals surface area contributed by atoms with E-state index < -0.39 is 0 Å². The molecular formula is C13H20ClN3S. The molecule has 5 heteroatoms. The van der Waals surface area contributed by atoms with Gasteiger partial charge in [-0.1, -0.05) is 23.8 Å². The number of halogens is 1. The van der Waals surface area contributed by atoms with Crippen LogP contribution in [0.25, 0.3) is 0 Å². The van der Waals surface area contributed by atoms with Crippen molar-refractivity contribution >= 4 is 34.5 Å². The third-order valence-corrected chi connectivity index (χ3v) is 3.62. The molecule has 0 radical (unpaired) electrons. The van der Waals surface area contributed by atoms with Crippen LogP contribution in [0.1, 0.15) is 19.4 Å². The van der Waals surface area contributed by atoms with E-state index in [2.05, 4.69) is 24.1 Å². The van der Waals surface area contributed by atoms with E-state index in [-0.39, 0.29) is 5.54 Å². The van der Waals surface area contributed by atoms with Crippen LogP contribution in [-0.2, 0) is 0 Å². The van der Waals surface area contributed by atoms with Gasteiger partial charge in [0.2, 0.25) is 0 Å². The van der Waals surface area contributed by atoms with Crippen LogP contribution < -0.4 is 11.1 Å². The van der Waals surface area contributed by atoms with Gasteiger partial charge in [-0.15, -0.1) is 0 Å². The molecule has 0 fully saturated rings. The zero-order valence-electron chi connectivity index (χ0n) is 11.2. The molecule has 0 spiro atoms. The Balaban J connectivity index is 2.90. The highest BCUT2D eigenvalue weighted by Crippen LogP contribution is 2.22. The maximum atomic E-state index is 6.00. The second kappa shape index (κ2) is 5.87. The van der Waals surface area contributed by atoms with Crippen molar-refractivity contribution < 1.29 is 0 Å². The first kappa shape index (κ1) is 15.2. The quantitative estimate of drug-likeness (QED) is 0.816. The van der Waals surface area contributed by atoms with Crippen molar-refractivity contribution in [3.8, 4) is 0 Å². The first-order valence-corrected chi connectivity index (χ1v) is 6.53. The Labute approximate surface area is 119 Å². The van der Waals surface area contributed by atoms with Crippen molar-refractivity contribution in [2.24, 2.45) is 5.73 Å². The molecule has 3 N–H and O–H groups in total. The molecular weight excluding hydrogens is 266 g/mol. The van der Waals surface area contributed by atoms with E-state index in [1.807, 2.05) is 26.2 Å². The van der Waals surface area contributed by atoms with Gasteiger partial charge in [-0.3, -0.25) is 0 Å². The Morgan fingerprint density at radius 2 is 2.06 bits per heavy atom. The minimum absolute atomic E-state index is 0.0236. The van der Waals surface area contributed by atoms with Gasteiger partial charge in [-0.25, -0.2) is 0 Å². The third-order valence-electron chi connectivity index (χ3n) is 3.17. The number of hydrogen-bond donors (Lipinski definition) is 2. The Morgan fingerprint density at radius 3 is 2.56 bits per heavy atom. The van der Waals surface area contributed by atoms with Crippen molar-refractivity contribution in [1.29, 1.82) is 0 Å². The summed E-state index contributed by atoms with van der Waals surface area (Å²) in [6.45, 7) is 5.09. The second-order valence-electron chi connectivity index (χ2n) is 5.11. The second-order valence-corrected chi connectivity index (χ2v) is 5.99. The standard InChI is InChI=1S/C13H20ClN3S/c1-13(2,17(3)4)8-16-11-7-9(14)5-6-10(11)12(15)18/h5-7,16H,8H2,1-4H3,(H2,15,18). The number of nitrogens with two attached hydrogens (primary N) is 1. The largest absolute Gasteiger partial charge is 0.389 e. The van der Waals surface area contributed by atoms with Gasteiger partial charge in [0.05, 0.1) is 0 Å². The van der Waals surface area contributed by atoms with E-state index in [1.165, 1.54) is 0 Å². The van der Waals surface area contributed by atoms with Crippen LogP contribution in [0, 0.1) is 0 Å². The van der Waals surface area contributed by atoms with Crippen LogP contribution in [0.15, 0.2) is 18.2 Å². The molecule has 18 heavy (non-hydrogen) atoms. The smallest absolute Gasteiger partial charge is 0.106 e. The molecule has 0 aliphatic rings. The fourth-order valence-electron chi connectivity index (χ4n) is 1.35. The molecule has 0 aliphatic carbocycles. The van der Waals surface area contributed by atoms with Crippen molar-refractivity contribution in [2.75, 3.05) is 26.0 Å². The van der Waals surface area contributed by atoms with Crippen molar-refractivity contribution in [3.63, 3.8) is 0 Å². The zero-order valence-corrected chi connectivity index (χ0v) is 12.8. The van der Waals surface area contributed by atoms with Crippen LogP contribution in [0.3, 0.4) is 0 Å². The summed E-state index contributed by atoms with van der Waals surface area (Å²) < 4.78 is 0. The molecule has 0 saturated heterocycles. The molecule has 0 aromatic heterocycles. The maximum Gasteiger partial charge on any atom is 0.106 e. The Bertz CT molecular complexity index is 444. The monoisotopic (exact) mass is 285 g/mol. The molecule has 0 saturated carbocycles. The van der Waals surface area contributed by atoms with E-state index >= 15 is 0 Å². The van der Waals surface area contributed by atoms with Gasteiger partial charge in [0.25, 0.3) is 0 Å². The van der Waals surface area contributed by atoms with E-state index in [0.29, 0.717) is 10.0 Å². The molecule has 0 aliphatic heterocycles. The highest BCUT2D eigenvalue weighted by atomic mass is 35.5. The molecule has 100 valence electrons.